The fourth-order valence-electron chi connectivity index (χ4n) is 2.48. The molecule has 1 aromatic heterocycles. The second-order valence-electron chi connectivity index (χ2n) is 5.61. The van der Waals surface area contributed by atoms with E-state index in [1.165, 1.54) is 6.20 Å². The van der Waals surface area contributed by atoms with E-state index in [0.29, 0.717) is 5.39 Å². The lowest BCUT2D eigenvalue weighted by Crippen LogP contribution is -2.26. The third kappa shape index (κ3) is 3.10. The Labute approximate surface area is 139 Å². The molecule has 0 radical (unpaired) electrons. The van der Waals surface area contributed by atoms with Gasteiger partial charge in [0.05, 0.1) is 11.7 Å². The van der Waals surface area contributed by atoms with Gasteiger partial charge in [0.15, 0.2) is 0 Å². The van der Waals surface area contributed by atoms with Crippen molar-refractivity contribution in [2.24, 2.45) is 12.1 Å². The minimum atomic E-state index is -0.523. The van der Waals surface area contributed by atoms with E-state index < -0.39 is 5.91 Å². The van der Waals surface area contributed by atoms with Crippen molar-refractivity contribution in [1.82, 2.24) is 9.99 Å². The number of carbonyl (C=O) groups excluding carboxylic acids is 1. The lowest BCUT2D eigenvalue weighted by molar-refractivity contribution is 0.0953. The maximum atomic E-state index is 12.5. The summed E-state index contributed by atoms with van der Waals surface area (Å²) >= 11 is 0. The molecule has 120 valence electrons. The van der Waals surface area contributed by atoms with Crippen LogP contribution in [0.15, 0.2) is 64.6 Å². The van der Waals surface area contributed by atoms with Gasteiger partial charge in [-0.15, -0.1) is 0 Å². The number of amides is 1. The maximum Gasteiger partial charge on any atom is 0.276 e. The molecule has 0 spiro atoms. The molecule has 1 amide bonds. The Morgan fingerprint density at radius 1 is 1.12 bits per heavy atom. The summed E-state index contributed by atoms with van der Waals surface area (Å²) in [5, 5.41) is 4.44. The van der Waals surface area contributed by atoms with Gasteiger partial charge in [0.2, 0.25) is 5.43 Å². The molecule has 1 heterocycles. The number of nitrogens with one attached hydrogen (secondary N) is 1. The average Bonchev–Trinajstić information content (AvgIpc) is 2.60. The van der Waals surface area contributed by atoms with E-state index in [4.69, 9.17) is 0 Å². The molecular formula is C19H17N3O2. The van der Waals surface area contributed by atoms with Gasteiger partial charge in [-0.05, 0) is 24.6 Å². The zero-order valence-corrected chi connectivity index (χ0v) is 13.5. The van der Waals surface area contributed by atoms with Gasteiger partial charge in [-0.2, -0.15) is 5.10 Å². The van der Waals surface area contributed by atoms with E-state index in [0.717, 1.165) is 16.6 Å². The first-order chi connectivity index (χ1) is 11.6. The van der Waals surface area contributed by atoms with E-state index in [9.17, 15) is 9.59 Å². The minimum absolute atomic E-state index is 0.0669. The highest BCUT2D eigenvalue weighted by Crippen LogP contribution is 2.10. The molecule has 2 aromatic carbocycles. The van der Waals surface area contributed by atoms with Crippen LogP contribution in [0.3, 0.4) is 0 Å². The Balaban J connectivity index is 1.85. The van der Waals surface area contributed by atoms with Gasteiger partial charge in [0, 0.05) is 18.6 Å². The summed E-state index contributed by atoms with van der Waals surface area (Å²) < 4.78 is 1.76. The van der Waals surface area contributed by atoms with Crippen molar-refractivity contribution in [1.29, 1.82) is 0 Å². The molecule has 1 N–H and O–H groups in total. The molecule has 5 nitrogen and oxygen atoms in total. The third-order valence-electron chi connectivity index (χ3n) is 3.80. The molecule has 0 aliphatic carbocycles. The third-order valence-corrected chi connectivity index (χ3v) is 3.80. The second-order valence-corrected chi connectivity index (χ2v) is 5.61. The van der Waals surface area contributed by atoms with Crippen LogP contribution in [0.1, 0.15) is 21.5 Å². The average molecular weight is 319 g/mol. The number of benzene rings is 2. The van der Waals surface area contributed by atoms with Gasteiger partial charge in [-0.25, -0.2) is 5.43 Å². The van der Waals surface area contributed by atoms with Crippen LogP contribution in [-0.2, 0) is 7.05 Å². The van der Waals surface area contributed by atoms with Crippen LogP contribution in [0.25, 0.3) is 10.9 Å². The zero-order valence-electron chi connectivity index (χ0n) is 13.5. The van der Waals surface area contributed by atoms with E-state index in [-0.39, 0.29) is 11.0 Å². The first-order valence-corrected chi connectivity index (χ1v) is 7.55. The van der Waals surface area contributed by atoms with Gasteiger partial charge in [-0.1, -0.05) is 42.0 Å². The molecule has 0 unspecified atom stereocenters. The molecular weight excluding hydrogens is 302 g/mol. The molecule has 0 saturated heterocycles. The molecule has 0 bridgehead atoms. The van der Waals surface area contributed by atoms with Gasteiger partial charge < -0.3 is 4.57 Å². The van der Waals surface area contributed by atoms with Crippen molar-refractivity contribution in [2.75, 3.05) is 0 Å². The summed E-state index contributed by atoms with van der Waals surface area (Å²) in [6.45, 7) is 2.00. The van der Waals surface area contributed by atoms with Gasteiger partial charge in [0.1, 0.15) is 5.56 Å². The number of para-hydroxylation sites is 1. The number of hydrogen-bond donors (Lipinski definition) is 1. The lowest BCUT2D eigenvalue weighted by atomic mass is 10.1. The smallest absolute Gasteiger partial charge is 0.276 e. The van der Waals surface area contributed by atoms with E-state index >= 15 is 0 Å². The topological polar surface area (TPSA) is 63.5 Å². The first-order valence-electron chi connectivity index (χ1n) is 7.55. The summed E-state index contributed by atoms with van der Waals surface area (Å²) in [6.07, 6.45) is 3.07. The summed E-state index contributed by atoms with van der Waals surface area (Å²) in [6, 6.07) is 14.9. The van der Waals surface area contributed by atoms with Crippen LogP contribution < -0.4 is 10.9 Å². The number of hydrazone groups is 1. The number of aryl methyl sites for hydroxylation is 2. The number of aromatic nitrogens is 1. The highest BCUT2D eigenvalue weighted by molar-refractivity contribution is 5.97. The van der Waals surface area contributed by atoms with E-state index in [2.05, 4.69) is 10.5 Å². The summed E-state index contributed by atoms with van der Waals surface area (Å²) in [7, 11) is 1.80. The largest absolute Gasteiger partial charge is 0.350 e. The van der Waals surface area contributed by atoms with Gasteiger partial charge in [0.25, 0.3) is 5.91 Å². The number of fused-ring (bicyclic) bond motifs is 1. The number of pyridine rings is 1. The Hall–Kier alpha value is -3.21. The van der Waals surface area contributed by atoms with E-state index in [1.807, 2.05) is 43.3 Å². The summed E-state index contributed by atoms with van der Waals surface area (Å²) in [5.41, 5.74) is 4.98. The monoisotopic (exact) mass is 319 g/mol. The fourth-order valence-corrected chi connectivity index (χ4v) is 2.48. The minimum Gasteiger partial charge on any atom is -0.350 e. The zero-order chi connectivity index (χ0) is 17.1. The number of hydrogen-bond acceptors (Lipinski definition) is 3. The van der Waals surface area contributed by atoms with Crippen LogP contribution in [0.2, 0.25) is 0 Å². The molecule has 0 saturated carbocycles. The van der Waals surface area contributed by atoms with Crippen LogP contribution in [0.4, 0.5) is 0 Å². The van der Waals surface area contributed by atoms with Crippen LogP contribution in [0, 0.1) is 6.92 Å². The Bertz CT molecular complexity index is 986. The quantitative estimate of drug-likeness (QED) is 0.596. The van der Waals surface area contributed by atoms with Crippen LogP contribution >= 0.6 is 0 Å². The normalized spacial score (nSPS) is 11.1. The van der Waals surface area contributed by atoms with Crippen molar-refractivity contribution in [3.05, 3.63) is 81.6 Å². The molecule has 0 fully saturated rings. The van der Waals surface area contributed by atoms with Crippen LogP contribution in [-0.4, -0.2) is 16.7 Å². The fraction of sp³-hybridized carbons (Fsp3) is 0.105. The molecule has 3 rings (SSSR count). The van der Waals surface area contributed by atoms with Gasteiger partial charge in [-0.3, -0.25) is 9.59 Å². The molecule has 5 heteroatoms. The van der Waals surface area contributed by atoms with Crippen molar-refractivity contribution in [3.8, 4) is 0 Å². The second kappa shape index (κ2) is 6.50. The van der Waals surface area contributed by atoms with Crippen molar-refractivity contribution in [2.45, 2.75) is 6.92 Å². The van der Waals surface area contributed by atoms with E-state index in [1.54, 1.807) is 30.0 Å². The van der Waals surface area contributed by atoms with Gasteiger partial charge >= 0.3 is 0 Å². The maximum absolute atomic E-state index is 12.5. The number of carbonyl (C=O) groups is 1. The first kappa shape index (κ1) is 15.7. The summed E-state index contributed by atoms with van der Waals surface area (Å²) in [4.78, 5) is 24.7. The Kier molecular flexibility index (Phi) is 4.24. The highest BCUT2D eigenvalue weighted by atomic mass is 16.2. The highest BCUT2D eigenvalue weighted by Gasteiger charge is 2.13. The van der Waals surface area contributed by atoms with Crippen LogP contribution in [0.5, 0.6) is 0 Å². The van der Waals surface area contributed by atoms with Crippen molar-refractivity contribution >= 4 is 23.0 Å². The Morgan fingerprint density at radius 3 is 2.58 bits per heavy atom. The predicted octanol–water partition coefficient (Wildman–Crippen LogP) is 2.61. The molecule has 0 aliphatic heterocycles. The van der Waals surface area contributed by atoms with Crippen molar-refractivity contribution < 1.29 is 4.79 Å². The molecule has 0 aliphatic rings. The Morgan fingerprint density at radius 2 is 1.83 bits per heavy atom. The molecule has 3 aromatic rings. The van der Waals surface area contributed by atoms with Crippen molar-refractivity contribution in [3.63, 3.8) is 0 Å². The lowest BCUT2D eigenvalue weighted by Gasteiger charge is -2.07. The standard InChI is InChI=1S/C19H17N3O2/c1-13-7-9-14(10-8-13)11-20-21-19(24)16-12-22(2)17-6-4-3-5-15(17)18(16)23/h3-12H,1-2H3,(H,21,24)/b20-11+. The molecule has 24 heavy (non-hydrogen) atoms. The summed E-state index contributed by atoms with van der Waals surface area (Å²) in [5.74, 6) is -0.523. The number of nitrogens with zero attached hydrogens (tertiary/aromatic N) is 2. The predicted molar refractivity (Wildman–Crippen MR) is 95.4 cm³/mol. The number of rotatable bonds is 3. The SMILES string of the molecule is Cc1ccc(/C=N/NC(=O)c2cn(C)c3ccccc3c2=O)cc1. The molecule has 0 atom stereocenters.